The first-order valence-electron chi connectivity index (χ1n) is 6.43. The van der Waals surface area contributed by atoms with Crippen molar-refractivity contribution in [2.24, 2.45) is 5.92 Å². The van der Waals surface area contributed by atoms with E-state index in [1.165, 1.54) is 10.9 Å². The van der Waals surface area contributed by atoms with Crippen LogP contribution in [0.4, 0.5) is 0 Å². The molecule has 0 unspecified atom stereocenters. The van der Waals surface area contributed by atoms with Crippen molar-refractivity contribution in [3.63, 3.8) is 0 Å². The first kappa shape index (κ1) is 12.7. The van der Waals surface area contributed by atoms with Gasteiger partial charge in [-0.2, -0.15) is 0 Å². The number of nitrogens with one attached hydrogen (secondary N) is 2. The number of hydrogen-bond donors (Lipinski definition) is 2. The monoisotopic (exact) mass is 244 g/mol. The predicted octanol–water partition coefficient (Wildman–Crippen LogP) is 2.87. The molecule has 0 fully saturated rings. The molecule has 2 rings (SSSR count). The van der Waals surface area contributed by atoms with E-state index in [4.69, 9.17) is 0 Å². The van der Waals surface area contributed by atoms with Gasteiger partial charge in [0.25, 0.3) is 0 Å². The first-order chi connectivity index (χ1) is 8.58. The van der Waals surface area contributed by atoms with Crippen molar-refractivity contribution in [1.29, 1.82) is 0 Å². The molecular weight excluding hydrogens is 224 g/mol. The number of para-hydroxylation sites is 1. The van der Waals surface area contributed by atoms with Crippen LogP contribution in [0, 0.1) is 5.92 Å². The van der Waals surface area contributed by atoms with Crippen molar-refractivity contribution >= 4 is 16.8 Å². The highest BCUT2D eigenvalue weighted by Crippen LogP contribution is 2.19. The SMILES string of the molecule is CC(C)C(=O)N[C@@H](C)Cc1c[nH]c2ccccc12. The molecule has 1 aromatic carbocycles. The largest absolute Gasteiger partial charge is 0.361 e. The number of amides is 1. The normalized spacial score (nSPS) is 12.9. The van der Waals surface area contributed by atoms with Crippen LogP contribution in [0.2, 0.25) is 0 Å². The fourth-order valence-electron chi connectivity index (χ4n) is 2.09. The second-order valence-electron chi connectivity index (χ2n) is 5.13. The second kappa shape index (κ2) is 5.25. The van der Waals surface area contributed by atoms with Crippen LogP contribution in [0.1, 0.15) is 26.3 Å². The minimum Gasteiger partial charge on any atom is -0.361 e. The van der Waals surface area contributed by atoms with Gasteiger partial charge in [0.1, 0.15) is 0 Å². The molecule has 3 nitrogen and oxygen atoms in total. The van der Waals surface area contributed by atoms with Crippen molar-refractivity contribution in [2.45, 2.75) is 33.2 Å². The van der Waals surface area contributed by atoms with Crippen LogP contribution in [0.25, 0.3) is 10.9 Å². The molecule has 0 spiro atoms. The van der Waals surface area contributed by atoms with Crippen LogP contribution in [-0.4, -0.2) is 16.9 Å². The summed E-state index contributed by atoms with van der Waals surface area (Å²) in [6.07, 6.45) is 2.88. The summed E-state index contributed by atoms with van der Waals surface area (Å²) in [5, 5.41) is 4.27. The standard InChI is InChI=1S/C15H20N2O/c1-10(2)15(18)17-11(3)8-12-9-16-14-7-5-4-6-13(12)14/h4-7,9-11,16H,8H2,1-3H3,(H,17,18)/t11-/m0/s1. The predicted molar refractivity (Wildman–Crippen MR) is 74.4 cm³/mol. The zero-order valence-corrected chi connectivity index (χ0v) is 11.2. The lowest BCUT2D eigenvalue weighted by Crippen LogP contribution is -2.36. The second-order valence-corrected chi connectivity index (χ2v) is 5.13. The first-order valence-corrected chi connectivity index (χ1v) is 6.43. The molecule has 2 N–H and O–H groups in total. The maximum Gasteiger partial charge on any atom is 0.222 e. The lowest BCUT2D eigenvalue weighted by Gasteiger charge is -2.15. The third-order valence-electron chi connectivity index (χ3n) is 3.11. The Balaban J connectivity index is 2.07. The lowest BCUT2D eigenvalue weighted by atomic mass is 10.1. The van der Waals surface area contributed by atoms with E-state index in [0.717, 1.165) is 11.9 Å². The fraction of sp³-hybridized carbons (Fsp3) is 0.400. The number of rotatable bonds is 4. The molecule has 18 heavy (non-hydrogen) atoms. The van der Waals surface area contributed by atoms with Gasteiger partial charge in [0.2, 0.25) is 5.91 Å². The van der Waals surface area contributed by atoms with E-state index in [9.17, 15) is 4.79 Å². The van der Waals surface area contributed by atoms with Crippen LogP contribution in [0.3, 0.4) is 0 Å². The van der Waals surface area contributed by atoms with Crippen molar-refractivity contribution in [1.82, 2.24) is 10.3 Å². The van der Waals surface area contributed by atoms with E-state index in [0.29, 0.717) is 0 Å². The quantitative estimate of drug-likeness (QED) is 0.853. The summed E-state index contributed by atoms with van der Waals surface area (Å²) in [5.41, 5.74) is 2.40. The molecular formula is C15H20N2O. The Morgan fingerprint density at radius 1 is 1.28 bits per heavy atom. The summed E-state index contributed by atoms with van der Waals surface area (Å²) in [7, 11) is 0. The fourth-order valence-corrected chi connectivity index (χ4v) is 2.09. The van der Waals surface area contributed by atoms with E-state index in [1.807, 2.05) is 39.1 Å². The van der Waals surface area contributed by atoms with Gasteiger partial charge in [0.15, 0.2) is 0 Å². The van der Waals surface area contributed by atoms with Gasteiger partial charge < -0.3 is 10.3 Å². The molecule has 1 heterocycles. The van der Waals surface area contributed by atoms with Crippen molar-refractivity contribution in [3.05, 3.63) is 36.0 Å². The van der Waals surface area contributed by atoms with Crippen LogP contribution in [0.5, 0.6) is 0 Å². The third kappa shape index (κ3) is 2.73. The molecule has 1 aromatic heterocycles. The maximum absolute atomic E-state index is 11.6. The van der Waals surface area contributed by atoms with Gasteiger partial charge in [0.05, 0.1) is 0 Å². The van der Waals surface area contributed by atoms with Crippen molar-refractivity contribution in [3.8, 4) is 0 Å². The Kier molecular flexibility index (Phi) is 3.70. The summed E-state index contributed by atoms with van der Waals surface area (Å²) in [4.78, 5) is 14.9. The Morgan fingerprint density at radius 3 is 2.72 bits per heavy atom. The Morgan fingerprint density at radius 2 is 2.00 bits per heavy atom. The Hall–Kier alpha value is -1.77. The van der Waals surface area contributed by atoms with Crippen molar-refractivity contribution < 1.29 is 4.79 Å². The summed E-state index contributed by atoms with van der Waals surface area (Å²) in [5.74, 6) is 0.151. The highest BCUT2D eigenvalue weighted by atomic mass is 16.1. The Labute approximate surface area is 108 Å². The third-order valence-corrected chi connectivity index (χ3v) is 3.11. The van der Waals surface area contributed by atoms with Gasteiger partial charge in [-0.15, -0.1) is 0 Å². The molecule has 1 atom stereocenters. The van der Waals surface area contributed by atoms with E-state index < -0.39 is 0 Å². The average Bonchev–Trinajstić information content (AvgIpc) is 2.72. The van der Waals surface area contributed by atoms with Crippen LogP contribution < -0.4 is 5.32 Å². The minimum absolute atomic E-state index is 0.0374. The molecule has 0 aliphatic heterocycles. The van der Waals surface area contributed by atoms with Gasteiger partial charge in [-0.3, -0.25) is 4.79 Å². The number of aromatic amines is 1. The molecule has 1 amide bonds. The zero-order chi connectivity index (χ0) is 13.1. The van der Waals surface area contributed by atoms with Crippen LogP contribution in [-0.2, 0) is 11.2 Å². The number of benzene rings is 1. The van der Waals surface area contributed by atoms with Crippen LogP contribution in [0.15, 0.2) is 30.5 Å². The molecule has 0 radical (unpaired) electrons. The van der Waals surface area contributed by atoms with Crippen molar-refractivity contribution in [2.75, 3.05) is 0 Å². The highest BCUT2D eigenvalue weighted by Gasteiger charge is 2.12. The minimum atomic E-state index is 0.0374. The molecule has 3 heteroatoms. The topological polar surface area (TPSA) is 44.9 Å². The molecule has 0 saturated heterocycles. The summed E-state index contributed by atoms with van der Waals surface area (Å²) in [6.45, 7) is 5.86. The maximum atomic E-state index is 11.6. The van der Waals surface area contributed by atoms with Gasteiger partial charge in [-0.25, -0.2) is 0 Å². The number of hydrogen-bond acceptors (Lipinski definition) is 1. The number of fused-ring (bicyclic) bond motifs is 1. The van der Waals surface area contributed by atoms with Gasteiger partial charge >= 0.3 is 0 Å². The van der Waals surface area contributed by atoms with E-state index in [2.05, 4.69) is 22.4 Å². The molecule has 2 aromatic rings. The average molecular weight is 244 g/mol. The summed E-state index contributed by atoms with van der Waals surface area (Å²) >= 11 is 0. The van der Waals surface area contributed by atoms with E-state index in [1.54, 1.807) is 0 Å². The van der Waals surface area contributed by atoms with Gasteiger partial charge in [0, 0.05) is 29.1 Å². The van der Waals surface area contributed by atoms with E-state index in [-0.39, 0.29) is 17.9 Å². The number of carbonyl (C=O) groups excluding carboxylic acids is 1. The lowest BCUT2D eigenvalue weighted by molar-refractivity contribution is -0.124. The number of carbonyl (C=O) groups is 1. The smallest absolute Gasteiger partial charge is 0.222 e. The number of H-pyrrole nitrogens is 1. The summed E-state index contributed by atoms with van der Waals surface area (Å²) in [6, 6.07) is 8.39. The van der Waals surface area contributed by atoms with Crippen LogP contribution >= 0.6 is 0 Å². The Bertz CT molecular complexity index is 542. The van der Waals surface area contributed by atoms with Gasteiger partial charge in [-0.05, 0) is 25.0 Å². The highest BCUT2D eigenvalue weighted by molar-refractivity contribution is 5.83. The van der Waals surface area contributed by atoms with Gasteiger partial charge in [-0.1, -0.05) is 32.0 Å². The molecule has 0 saturated carbocycles. The zero-order valence-electron chi connectivity index (χ0n) is 11.2. The molecule has 96 valence electrons. The van der Waals surface area contributed by atoms with E-state index >= 15 is 0 Å². The number of aromatic nitrogens is 1. The molecule has 0 bridgehead atoms. The summed E-state index contributed by atoms with van der Waals surface area (Å²) < 4.78 is 0. The molecule has 0 aliphatic carbocycles. The molecule has 0 aliphatic rings.